The Labute approximate surface area is 134 Å². The molecule has 0 fully saturated rings. The lowest BCUT2D eigenvalue weighted by atomic mass is 9.83. The van der Waals surface area contributed by atoms with E-state index >= 15 is 0 Å². The Bertz CT molecular complexity index is 852. The van der Waals surface area contributed by atoms with Gasteiger partial charge in [0.1, 0.15) is 0 Å². The number of hydrogen-bond acceptors (Lipinski definition) is 3. The normalized spacial score (nSPS) is 16.5. The van der Waals surface area contributed by atoms with E-state index in [0.717, 1.165) is 36.1 Å². The Morgan fingerprint density at radius 1 is 1.27 bits per heavy atom. The minimum Gasteiger partial charge on any atom is -0.276 e. The fraction of sp³-hybridized carbons (Fsp3) is 0.333. The number of aromatic nitrogens is 2. The van der Waals surface area contributed by atoms with Crippen LogP contribution >= 0.6 is 11.3 Å². The van der Waals surface area contributed by atoms with Crippen LogP contribution in [-0.4, -0.2) is 20.9 Å². The van der Waals surface area contributed by atoms with Gasteiger partial charge in [0.25, 0.3) is 0 Å². The summed E-state index contributed by atoms with van der Waals surface area (Å²) in [6.07, 6.45) is 7.12. The molecule has 3 aromatic heterocycles. The Hall–Kier alpha value is -1.94. The highest BCUT2D eigenvalue weighted by atomic mass is 32.1. The van der Waals surface area contributed by atoms with Crippen LogP contribution in [0.1, 0.15) is 42.7 Å². The van der Waals surface area contributed by atoms with Crippen LogP contribution in [0.15, 0.2) is 47.0 Å². The van der Waals surface area contributed by atoms with Crippen molar-refractivity contribution in [2.24, 2.45) is 4.99 Å². The molecule has 0 radical (unpaired) electrons. The van der Waals surface area contributed by atoms with Gasteiger partial charge in [0, 0.05) is 11.8 Å². The van der Waals surface area contributed by atoms with E-state index in [0.29, 0.717) is 0 Å². The SMILES string of the molecule is CCC1(CC)Cc2ccsc2C(c2cnn3cccc3c2)=N1. The van der Waals surface area contributed by atoms with Crippen molar-refractivity contribution in [1.82, 2.24) is 9.61 Å². The third kappa shape index (κ3) is 2.02. The van der Waals surface area contributed by atoms with Crippen LogP contribution in [0, 0.1) is 0 Å². The van der Waals surface area contributed by atoms with Crippen molar-refractivity contribution in [3.8, 4) is 0 Å². The summed E-state index contributed by atoms with van der Waals surface area (Å²) in [4.78, 5) is 6.52. The summed E-state index contributed by atoms with van der Waals surface area (Å²) in [5.41, 5.74) is 4.84. The second-order valence-electron chi connectivity index (χ2n) is 5.97. The molecule has 0 amide bonds. The number of fused-ring (bicyclic) bond motifs is 2. The summed E-state index contributed by atoms with van der Waals surface area (Å²) in [6.45, 7) is 4.49. The van der Waals surface area contributed by atoms with E-state index in [2.05, 4.69) is 42.5 Å². The highest BCUT2D eigenvalue weighted by Crippen LogP contribution is 2.36. The molecule has 112 valence electrons. The second kappa shape index (κ2) is 5.06. The van der Waals surface area contributed by atoms with E-state index in [9.17, 15) is 0 Å². The molecule has 1 aliphatic heterocycles. The largest absolute Gasteiger partial charge is 0.276 e. The zero-order chi connectivity index (χ0) is 15.2. The van der Waals surface area contributed by atoms with Crippen LogP contribution < -0.4 is 0 Å². The van der Waals surface area contributed by atoms with E-state index in [-0.39, 0.29) is 5.54 Å². The third-order valence-electron chi connectivity index (χ3n) is 4.80. The molecule has 0 unspecified atom stereocenters. The van der Waals surface area contributed by atoms with Gasteiger partial charge in [-0.25, -0.2) is 4.52 Å². The Morgan fingerprint density at radius 3 is 2.95 bits per heavy atom. The van der Waals surface area contributed by atoms with Gasteiger partial charge in [-0.05, 0) is 54.5 Å². The van der Waals surface area contributed by atoms with E-state index in [1.165, 1.54) is 10.4 Å². The molecule has 0 N–H and O–H groups in total. The van der Waals surface area contributed by atoms with Gasteiger partial charge in [-0.1, -0.05) is 13.8 Å². The molecular weight excluding hydrogens is 290 g/mol. The third-order valence-corrected chi connectivity index (χ3v) is 5.77. The molecule has 4 heterocycles. The first-order chi connectivity index (χ1) is 10.7. The predicted molar refractivity (Wildman–Crippen MR) is 92.2 cm³/mol. The monoisotopic (exact) mass is 309 g/mol. The van der Waals surface area contributed by atoms with Gasteiger partial charge >= 0.3 is 0 Å². The van der Waals surface area contributed by atoms with Gasteiger partial charge in [0.05, 0.1) is 27.8 Å². The molecule has 3 nitrogen and oxygen atoms in total. The second-order valence-corrected chi connectivity index (χ2v) is 6.88. The van der Waals surface area contributed by atoms with Gasteiger partial charge < -0.3 is 0 Å². The van der Waals surface area contributed by atoms with Gasteiger partial charge in [-0.3, -0.25) is 4.99 Å². The number of aliphatic imine (C=N–C) groups is 1. The topological polar surface area (TPSA) is 29.7 Å². The molecule has 0 bridgehead atoms. The Balaban J connectivity index is 1.91. The van der Waals surface area contributed by atoms with Gasteiger partial charge in [-0.2, -0.15) is 5.10 Å². The summed E-state index contributed by atoms with van der Waals surface area (Å²) in [6, 6.07) is 8.56. The summed E-state index contributed by atoms with van der Waals surface area (Å²) >= 11 is 1.79. The average Bonchev–Trinajstić information content (AvgIpc) is 3.21. The maximum atomic E-state index is 5.20. The van der Waals surface area contributed by atoms with Crippen LogP contribution in [-0.2, 0) is 6.42 Å². The molecule has 0 atom stereocenters. The molecule has 0 aromatic carbocycles. The van der Waals surface area contributed by atoms with Crippen molar-refractivity contribution in [2.75, 3.05) is 0 Å². The lowest BCUT2D eigenvalue weighted by Crippen LogP contribution is -2.33. The van der Waals surface area contributed by atoms with E-state index < -0.39 is 0 Å². The molecule has 0 spiro atoms. The minimum atomic E-state index is 0.0392. The highest BCUT2D eigenvalue weighted by molar-refractivity contribution is 7.12. The van der Waals surface area contributed by atoms with Crippen molar-refractivity contribution in [3.05, 3.63) is 58.0 Å². The average molecular weight is 309 g/mol. The zero-order valence-electron chi connectivity index (χ0n) is 12.9. The summed E-state index contributed by atoms with van der Waals surface area (Å²) in [5.74, 6) is 0. The number of thiophene rings is 1. The van der Waals surface area contributed by atoms with Crippen molar-refractivity contribution in [2.45, 2.75) is 38.6 Å². The molecular formula is C18H19N3S. The Kier molecular flexibility index (Phi) is 3.15. The smallest absolute Gasteiger partial charge is 0.0845 e. The molecule has 1 aliphatic rings. The van der Waals surface area contributed by atoms with Crippen LogP contribution in [0.3, 0.4) is 0 Å². The number of rotatable bonds is 3. The van der Waals surface area contributed by atoms with Crippen LogP contribution in [0.4, 0.5) is 0 Å². The van der Waals surface area contributed by atoms with Crippen LogP contribution in [0.2, 0.25) is 0 Å². The van der Waals surface area contributed by atoms with Crippen molar-refractivity contribution >= 4 is 22.6 Å². The zero-order valence-corrected chi connectivity index (χ0v) is 13.7. The van der Waals surface area contributed by atoms with Gasteiger partial charge in [-0.15, -0.1) is 11.3 Å². The first kappa shape index (κ1) is 13.7. The van der Waals surface area contributed by atoms with E-state index in [1.54, 1.807) is 11.3 Å². The van der Waals surface area contributed by atoms with Crippen molar-refractivity contribution in [3.63, 3.8) is 0 Å². The molecule has 4 rings (SSSR count). The van der Waals surface area contributed by atoms with Gasteiger partial charge in [0.15, 0.2) is 0 Å². The maximum Gasteiger partial charge on any atom is 0.0845 e. The van der Waals surface area contributed by atoms with Crippen LogP contribution in [0.25, 0.3) is 5.52 Å². The number of hydrogen-bond donors (Lipinski definition) is 0. The fourth-order valence-corrected chi connectivity index (χ4v) is 4.21. The van der Waals surface area contributed by atoms with E-state index in [1.807, 2.05) is 23.0 Å². The summed E-state index contributed by atoms with van der Waals surface area (Å²) in [7, 11) is 0. The predicted octanol–water partition coefficient (Wildman–Crippen LogP) is 4.35. The van der Waals surface area contributed by atoms with Crippen LogP contribution in [0.5, 0.6) is 0 Å². The molecule has 4 heteroatoms. The minimum absolute atomic E-state index is 0.0392. The molecule has 0 aliphatic carbocycles. The lowest BCUT2D eigenvalue weighted by Gasteiger charge is -2.32. The summed E-state index contributed by atoms with van der Waals surface area (Å²) in [5, 5.41) is 6.70. The fourth-order valence-electron chi connectivity index (χ4n) is 3.27. The van der Waals surface area contributed by atoms with Gasteiger partial charge in [0.2, 0.25) is 0 Å². The molecule has 0 saturated carbocycles. The Morgan fingerprint density at radius 2 is 2.14 bits per heavy atom. The van der Waals surface area contributed by atoms with E-state index in [4.69, 9.17) is 4.99 Å². The summed E-state index contributed by atoms with van der Waals surface area (Å²) < 4.78 is 1.90. The number of nitrogens with zero attached hydrogens (tertiary/aromatic N) is 3. The molecule has 0 saturated heterocycles. The quantitative estimate of drug-likeness (QED) is 0.707. The molecule has 22 heavy (non-hydrogen) atoms. The maximum absolute atomic E-state index is 5.20. The lowest BCUT2D eigenvalue weighted by molar-refractivity contribution is 0.393. The first-order valence-corrected chi connectivity index (χ1v) is 8.73. The van der Waals surface area contributed by atoms with Crippen molar-refractivity contribution in [1.29, 1.82) is 0 Å². The standard InChI is InChI=1S/C18H19N3S/c1-3-18(4-2)11-13-7-9-22-17(13)16(20-18)14-10-15-6-5-8-21(15)19-12-14/h5-10,12H,3-4,11H2,1-2H3. The first-order valence-electron chi connectivity index (χ1n) is 7.85. The highest BCUT2D eigenvalue weighted by Gasteiger charge is 2.33. The van der Waals surface area contributed by atoms with Crippen molar-refractivity contribution < 1.29 is 0 Å². The molecule has 3 aromatic rings.